The van der Waals surface area contributed by atoms with Gasteiger partial charge in [0.15, 0.2) is 0 Å². The van der Waals surface area contributed by atoms with Gasteiger partial charge in [0.2, 0.25) is 0 Å². The second kappa shape index (κ2) is 6.04. The summed E-state index contributed by atoms with van der Waals surface area (Å²) in [6, 6.07) is 11.8. The van der Waals surface area contributed by atoms with Crippen LogP contribution in [0, 0.1) is 17.1 Å². The lowest BCUT2D eigenvalue weighted by Gasteiger charge is -2.08. The molecule has 2 amide bonds. The molecule has 2 aromatic rings. The van der Waals surface area contributed by atoms with E-state index in [4.69, 9.17) is 16.9 Å². The van der Waals surface area contributed by atoms with Crippen LogP contribution in [-0.2, 0) is 0 Å². The maximum atomic E-state index is 13.0. The largest absolute Gasteiger partial charge is 0.323 e. The van der Waals surface area contributed by atoms with Crippen LogP contribution >= 0.6 is 11.6 Å². The third-order valence-corrected chi connectivity index (χ3v) is 2.72. The number of nitrogens with one attached hydrogen (secondary N) is 2. The standard InChI is InChI=1S/C14H9ClFN3O/c15-12-7-11(4-5-13(12)16)19-14(20)18-10-3-1-2-9(6-10)8-17/h1-7H,(H2,18,19,20). The Balaban J connectivity index is 2.05. The van der Waals surface area contributed by atoms with Crippen molar-refractivity contribution in [3.63, 3.8) is 0 Å². The van der Waals surface area contributed by atoms with Crippen LogP contribution in [0.1, 0.15) is 5.56 Å². The zero-order valence-electron chi connectivity index (χ0n) is 10.2. The van der Waals surface area contributed by atoms with Gasteiger partial charge in [-0.2, -0.15) is 5.26 Å². The first-order valence-corrected chi connectivity index (χ1v) is 5.99. The van der Waals surface area contributed by atoms with E-state index in [0.29, 0.717) is 16.9 Å². The highest BCUT2D eigenvalue weighted by molar-refractivity contribution is 6.31. The highest BCUT2D eigenvalue weighted by Gasteiger charge is 2.05. The molecule has 0 aliphatic rings. The van der Waals surface area contributed by atoms with Crippen molar-refractivity contribution in [2.45, 2.75) is 0 Å². The van der Waals surface area contributed by atoms with Crippen molar-refractivity contribution in [1.82, 2.24) is 0 Å². The lowest BCUT2D eigenvalue weighted by atomic mass is 10.2. The molecule has 0 radical (unpaired) electrons. The van der Waals surface area contributed by atoms with Crippen LogP contribution in [0.15, 0.2) is 42.5 Å². The van der Waals surface area contributed by atoms with Crippen LogP contribution in [0.25, 0.3) is 0 Å². The van der Waals surface area contributed by atoms with Crippen LogP contribution in [0.4, 0.5) is 20.6 Å². The lowest BCUT2D eigenvalue weighted by molar-refractivity contribution is 0.262. The molecule has 6 heteroatoms. The van der Waals surface area contributed by atoms with E-state index in [9.17, 15) is 9.18 Å². The summed E-state index contributed by atoms with van der Waals surface area (Å²) >= 11 is 5.61. The van der Waals surface area contributed by atoms with Crippen molar-refractivity contribution in [1.29, 1.82) is 5.26 Å². The van der Waals surface area contributed by atoms with E-state index in [1.54, 1.807) is 18.2 Å². The molecule has 0 spiro atoms. The number of benzene rings is 2. The molecule has 0 atom stereocenters. The SMILES string of the molecule is N#Cc1cccc(NC(=O)Nc2ccc(F)c(Cl)c2)c1. The Labute approximate surface area is 119 Å². The molecule has 0 fully saturated rings. The highest BCUT2D eigenvalue weighted by Crippen LogP contribution is 2.19. The number of hydrogen-bond acceptors (Lipinski definition) is 2. The van der Waals surface area contributed by atoms with Gasteiger partial charge in [-0.05, 0) is 36.4 Å². The number of amides is 2. The number of rotatable bonds is 2. The van der Waals surface area contributed by atoms with E-state index in [-0.39, 0.29) is 5.02 Å². The minimum atomic E-state index is -0.556. The zero-order valence-corrected chi connectivity index (χ0v) is 10.9. The molecule has 100 valence electrons. The van der Waals surface area contributed by atoms with Crippen molar-refractivity contribution < 1.29 is 9.18 Å². The number of carbonyl (C=O) groups excluding carboxylic acids is 1. The average molecular weight is 290 g/mol. The summed E-state index contributed by atoms with van der Waals surface area (Å²) in [5.41, 5.74) is 1.28. The van der Waals surface area contributed by atoms with Gasteiger partial charge >= 0.3 is 6.03 Å². The normalized spacial score (nSPS) is 9.65. The number of anilines is 2. The minimum Gasteiger partial charge on any atom is -0.308 e. The van der Waals surface area contributed by atoms with Crippen molar-refractivity contribution in [2.24, 2.45) is 0 Å². The topological polar surface area (TPSA) is 64.9 Å². The van der Waals surface area contributed by atoms with Gasteiger partial charge in [0.1, 0.15) is 5.82 Å². The predicted molar refractivity (Wildman–Crippen MR) is 75.2 cm³/mol. The van der Waals surface area contributed by atoms with Gasteiger partial charge in [0, 0.05) is 11.4 Å². The molecule has 2 N–H and O–H groups in total. The molecule has 2 aromatic carbocycles. The van der Waals surface area contributed by atoms with E-state index in [0.717, 1.165) is 6.07 Å². The average Bonchev–Trinajstić information content (AvgIpc) is 2.43. The smallest absolute Gasteiger partial charge is 0.308 e. The molecule has 0 heterocycles. The second-order valence-electron chi connectivity index (χ2n) is 3.90. The van der Waals surface area contributed by atoms with Gasteiger partial charge in [-0.1, -0.05) is 17.7 Å². The first-order valence-electron chi connectivity index (χ1n) is 5.62. The molecule has 4 nitrogen and oxygen atoms in total. The maximum Gasteiger partial charge on any atom is 0.323 e. The van der Waals surface area contributed by atoms with Gasteiger partial charge in [-0.3, -0.25) is 0 Å². The monoisotopic (exact) mass is 289 g/mol. The van der Waals surface area contributed by atoms with Crippen molar-refractivity contribution >= 4 is 29.0 Å². The van der Waals surface area contributed by atoms with Crippen LogP contribution in [0.2, 0.25) is 5.02 Å². The van der Waals surface area contributed by atoms with E-state index >= 15 is 0 Å². The molecule has 20 heavy (non-hydrogen) atoms. The molecule has 0 bridgehead atoms. The van der Waals surface area contributed by atoms with Crippen LogP contribution in [-0.4, -0.2) is 6.03 Å². The summed E-state index contributed by atoms with van der Waals surface area (Å²) in [6.07, 6.45) is 0. The molecular weight excluding hydrogens is 281 g/mol. The first kappa shape index (κ1) is 13.8. The van der Waals surface area contributed by atoms with Crippen LogP contribution < -0.4 is 10.6 Å². The van der Waals surface area contributed by atoms with Gasteiger partial charge in [-0.15, -0.1) is 0 Å². The van der Waals surface area contributed by atoms with Gasteiger partial charge in [0.05, 0.1) is 16.7 Å². The number of carbonyl (C=O) groups is 1. The third-order valence-electron chi connectivity index (χ3n) is 2.43. The van der Waals surface area contributed by atoms with E-state index in [1.807, 2.05) is 6.07 Å². The Kier molecular flexibility index (Phi) is 4.18. The fourth-order valence-electron chi connectivity index (χ4n) is 1.53. The van der Waals surface area contributed by atoms with Gasteiger partial charge in [0.25, 0.3) is 0 Å². The van der Waals surface area contributed by atoms with Gasteiger partial charge in [-0.25, -0.2) is 9.18 Å². The van der Waals surface area contributed by atoms with Crippen LogP contribution in [0.5, 0.6) is 0 Å². The number of nitrogens with zero attached hydrogens (tertiary/aromatic N) is 1. The van der Waals surface area contributed by atoms with E-state index < -0.39 is 11.8 Å². The third kappa shape index (κ3) is 3.46. The first-order chi connectivity index (χ1) is 9.58. The predicted octanol–water partition coefficient (Wildman–Crippen LogP) is 3.99. The number of urea groups is 1. The van der Waals surface area contributed by atoms with E-state index in [1.165, 1.54) is 18.2 Å². The molecule has 0 unspecified atom stereocenters. The quantitative estimate of drug-likeness (QED) is 0.878. The molecular formula is C14H9ClFN3O. The van der Waals surface area contributed by atoms with E-state index in [2.05, 4.69) is 10.6 Å². The molecule has 0 saturated heterocycles. The Morgan fingerprint density at radius 2 is 1.85 bits per heavy atom. The number of halogens is 2. The fraction of sp³-hybridized carbons (Fsp3) is 0. The van der Waals surface area contributed by atoms with Crippen molar-refractivity contribution in [3.8, 4) is 6.07 Å². The summed E-state index contributed by atoms with van der Waals surface area (Å²) in [4.78, 5) is 11.7. The summed E-state index contributed by atoms with van der Waals surface area (Å²) in [7, 11) is 0. The number of nitriles is 1. The Morgan fingerprint density at radius 3 is 2.50 bits per heavy atom. The number of hydrogen-bond donors (Lipinski definition) is 2. The molecule has 0 aliphatic heterocycles. The second-order valence-corrected chi connectivity index (χ2v) is 4.31. The Morgan fingerprint density at radius 1 is 1.15 bits per heavy atom. The Hall–Kier alpha value is -2.58. The summed E-state index contributed by atoms with van der Waals surface area (Å²) < 4.78 is 13.0. The van der Waals surface area contributed by atoms with Crippen molar-refractivity contribution in [3.05, 3.63) is 58.9 Å². The summed E-state index contributed by atoms with van der Waals surface area (Å²) in [5, 5.41) is 13.8. The fourth-order valence-corrected chi connectivity index (χ4v) is 1.71. The molecule has 0 aliphatic carbocycles. The highest BCUT2D eigenvalue weighted by atomic mass is 35.5. The molecule has 0 saturated carbocycles. The summed E-state index contributed by atoms with van der Waals surface area (Å²) in [5.74, 6) is -0.556. The van der Waals surface area contributed by atoms with Gasteiger partial charge < -0.3 is 10.6 Å². The summed E-state index contributed by atoms with van der Waals surface area (Å²) in [6.45, 7) is 0. The lowest BCUT2D eigenvalue weighted by Crippen LogP contribution is -2.19. The van der Waals surface area contributed by atoms with Crippen LogP contribution in [0.3, 0.4) is 0 Å². The molecule has 2 rings (SSSR count). The van der Waals surface area contributed by atoms with Crippen molar-refractivity contribution in [2.75, 3.05) is 10.6 Å². The minimum absolute atomic E-state index is 0.0747. The zero-order chi connectivity index (χ0) is 14.5. The maximum absolute atomic E-state index is 13.0. The molecule has 0 aromatic heterocycles. The Bertz CT molecular complexity index is 697.